The van der Waals surface area contributed by atoms with E-state index in [1.54, 1.807) is 30.4 Å². The minimum Gasteiger partial charge on any atom is -0.489 e. The third-order valence-electron chi connectivity index (χ3n) is 4.04. The molecule has 3 amide bonds. The standard InChI is InChI=1S/C22H20N2O4S/c1-3-11-28-18-10-5-4-8-16(18)13-19-21(26)24(22(27)29-19)14-20(25)23-17-9-6-7-15(2)12-17/h3-10,12-13H,1,11,14H2,2H3,(H,23,25)/b19-13-. The van der Waals surface area contributed by atoms with E-state index in [1.165, 1.54) is 0 Å². The van der Waals surface area contributed by atoms with Crippen molar-refractivity contribution >= 4 is 40.6 Å². The third kappa shape index (κ3) is 5.14. The number of nitrogens with one attached hydrogen (secondary N) is 1. The summed E-state index contributed by atoms with van der Waals surface area (Å²) >= 11 is 0.803. The van der Waals surface area contributed by atoms with E-state index >= 15 is 0 Å². The van der Waals surface area contributed by atoms with Crippen molar-refractivity contribution in [2.45, 2.75) is 6.92 Å². The molecule has 0 aromatic heterocycles. The van der Waals surface area contributed by atoms with Crippen LogP contribution in [-0.4, -0.2) is 35.1 Å². The van der Waals surface area contributed by atoms with Crippen LogP contribution >= 0.6 is 11.8 Å². The molecular formula is C22H20N2O4S. The van der Waals surface area contributed by atoms with E-state index < -0.39 is 17.1 Å². The van der Waals surface area contributed by atoms with Gasteiger partial charge in [0.1, 0.15) is 18.9 Å². The van der Waals surface area contributed by atoms with E-state index in [2.05, 4.69) is 11.9 Å². The number of para-hydroxylation sites is 1. The summed E-state index contributed by atoms with van der Waals surface area (Å²) in [6, 6.07) is 14.5. The van der Waals surface area contributed by atoms with E-state index in [4.69, 9.17) is 4.74 Å². The molecule has 1 aliphatic rings. The molecule has 29 heavy (non-hydrogen) atoms. The maximum atomic E-state index is 12.7. The van der Waals surface area contributed by atoms with Gasteiger partial charge in [0.25, 0.3) is 11.1 Å². The van der Waals surface area contributed by atoms with Crippen LogP contribution < -0.4 is 10.1 Å². The van der Waals surface area contributed by atoms with Crippen molar-refractivity contribution < 1.29 is 19.1 Å². The molecule has 1 fully saturated rings. The van der Waals surface area contributed by atoms with Crippen LogP contribution in [0.25, 0.3) is 6.08 Å². The van der Waals surface area contributed by atoms with Gasteiger partial charge in [-0.15, -0.1) is 0 Å². The Labute approximate surface area is 173 Å². The first-order valence-corrected chi connectivity index (χ1v) is 9.74. The van der Waals surface area contributed by atoms with Crippen molar-refractivity contribution in [2.75, 3.05) is 18.5 Å². The van der Waals surface area contributed by atoms with E-state index in [0.717, 1.165) is 22.2 Å². The minimum atomic E-state index is -0.502. The Morgan fingerprint density at radius 2 is 2.00 bits per heavy atom. The number of hydrogen-bond donors (Lipinski definition) is 1. The summed E-state index contributed by atoms with van der Waals surface area (Å²) in [6.07, 6.45) is 3.22. The van der Waals surface area contributed by atoms with Gasteiger partial charge in [-0.25, -0.2) is 0 Å². The van der Waals surface area contributed by atoms with Gasteiger partial charge in [0.15, 0.2) is 0 Å². The molecule has 0 bridgehead atoms. The van der Waals surface area contributed by atoms with Crippen molar-refractivity contribution in [2.24, 2.45) is 0 Å². The molecule has 7 heteroatoms. The van der Waals surface area contributed by atoms with Gasteiger partial charge in [0, 0.05) is 11.3 Å². The summed E-state index contributed by atoms with van der Waals surface area (Å²) < 4.78 is 5.58. The molecule has 0 spiro atoms. The molecule has 1 N–H and O–H groups in total. The zero-order chi connectivity index (χ0) is 20.8. The van der Waals surface area contributed by atoms with Crippen LogP contribution in [-0.2, 0) is 9.59 Å². The van der Waals surface area contributed by atoms with Crippen molar-refractivity contribution in [3.05, 3.63) is 77.2 Å². The van der Waals surface area contributed by atoms with Gasteiger partial charge >= 0.3 is 0 Å². The summed E-state index contributed by atoms with van der Waals surface area (Å²) in [5.41, 5.74) is 2.28. The number of ether oxygens (including phenoxy) is 1. The van der Waals surface area contributed by atoms with Crippen molar-refractivity contribution in [1.82, 2.24) is 4.90 Å². The molecule has 3 rings (SSSR count). The Kier molecular flexibility index (Phi) is 6.51. The Morgan fingerprint density at radius 3 is 2.76 bits per heavy atom. The number of amides is 3. The lowest BCUT2D eigenvalue weighted by Crippen LogP contribution is -2.36. The van der Waals surface area contributed by atoms with Gasteiger partial charge in [0.2, 0.25) is 5.91 Å². The summed E-state index contributed by atoms with van der Waals surface area (Å²) in [6.45, 7) is 5.51. The average molecular weight is 408 g/mol. The first-order valence-electron chi connectivity index (χ1n) is 8.92. The van der Waals surface area contributed by atoms with Gasteiger partial charge < -0.3 is 10.1 Å². The predicted molar refractivity (Wildman–Crippen MR) is 115 cm³/mol. The highest BCUT2D eigenvalue weighted by Crippen LogP contribution is 2.33. The van der Waals surface area contributed by atoms with Crippen LogP contribution in [0.4, 0.5) is 10.5 Å². The van der Waals surface area contributed by atoms with Gasteiger partial charge in [-0.3, -0.25) is 19.3 Å². The molecule has 0 saturated carbocycles. The van der Waals surface area contributed by atoms with Crippen LogP contribution in [0.15, 0.2) is 66.1 Å². The van der Waals surface area contributed by atoms with Crippen LogP contribution in [0.5, 0.6) is 5.75 Å². The second kappa shape index (κ2) is 9.25. The quantitative estimate of drug-likeness (QED) is 0.548. The fourth-order valence-corrected chi connectivity index (χ4v) is 3.55. The molecule has 1 saturated heterocycles. The minimum absolute atomic E-state index is 0.244. The molecule has 6 nitrogen and oxygen atoms in total. The molecule has 2 aromatic carbocycles. The Balaban J connectivity index is 1.72. The number of hydrogen-bond acceptors (Lipinski definition) is 5. The second-order valence-corrected chi connectivity index (χ2v) is 7.32. The van der Waals surface area contributed by atoms with Crippen LogP contribution in [0.3, 0.4) is 0 Å². The number of imide groups is 1. The molecule has 148 valence electrons. The van der Waals surface area contributed by atoms with Gasteiger partial charge in [0.05, 0.1) is 4.91 Å². The molecule has 2 aromatic rings. The van der Waals surface area contributed by atoms with Gasteiger partial charge in [-0.1, -0.05) is 43.0 Å². The number of rotatable bonds is 7. The van der Waals surface area contributed by atoms with Crippen LogP contribution in [0.1, 0.15) is 11.1 Å². The average Bonchev–Trinajstić information content (AvgIpc) is 2.94. The summed E-state index contributed by atoms with van der Waals surface area (Å²) in [5.74, 6) is -0.358. The number of anilines is 1. The zero-order valence-electron chi connectivity index (χ0n) is 15.9. The fraction of sp³-hybridized carbons (Fsp3) is 0.136. The van der Waals surface area contributed by atoms with E-state index in [-0.39, 0.29) is 11.4 Å². The van der Waals surface area contributed by atoms with Crippen molar-refractivity contribution in [1.29, 1.82) is 0 Å². The van der Waals surface area contributed by atoms with E-state index in [0.29, 0.717) is 23.6 Å². The van der Waals surface area contributed by atoms with Crippen molar-refractivity contribution in [3.8, 4) is 5.75 Å². The summed E-state index contributed by atoms with van der Waals surface area (Å²) in [7, 11) is 0. The normalized spacial score (nSPS) is 14.9. The largest absolute Gasteiger partial charge is 0.489 e. The third-order valence-corrected chi connectivity index (χ3v) is 4.95. The molecule has 0 unspecified atom stereocenters. The molecule has 0 radical (unpaired) electrons. The lowest BCUT2D eigenvalue weighted by molar-refractivity contribution is -0.127. The Hall–Kier alpha value is -3.32. The van der Waals surface area contributed by atoms with Crippen molar-refractivity contribution in [3.63, 3.8) is 0 Å². The maximum absolute atomic E-state index is 12.7. The number of nitrogens with zero attached hydrogens (tertiary/aromatic N) is 1. The van der Waals surface area contributed by atoms with Gasteiger partial charge in [-0.2, -0.15) is 0 Å². The number of aryl methyl sites for hydroxylation is 1. The molecule has 1 aliphatic heterocycles. The predicted octanol–water partition coefficient (Wildman–Crippen LogP) is 4.23. The fourth-order valence-electron chi connectivity index (χ4n) is 2.72. The SMILES string of the molecule is C=CCOc1ccccc1/C=C1\SC(=O)N(CC(=O)Nc2cccc(C)c2)C1=O. The zero-order valence-corrected chi connectivity index (χ0v) is 16.7. The van der Waals surface area contributed by atoms with Crippen LogP contribution in [0, 0.1) is 6.92 Å². The highest BCUT2D eigenvalue weighted by atomic mass is 32.2. The topological polar surface area (TPSA) is 75.7 Å². The highest BCUT2D eigenvalue weighted by molar-refractivity contribution is 8.18. The van der Waals surface area contributed by atoms with Gasteiger partial charge in [-0.05, 0) is 48.5 Å². The molecule has 0 atom stereocenters. The molecular weight excluding hydrogens is 388 g/mol. The Morgan fingerprint density at radius 1 is 1.21 bits per heavy atom. The number of carbonyl (C=O) groups excluding carboxylic acids is 3. The Bertz CT molecular complexity index is 1000. The number of thioether (sulfide) groups is 1. The molecule has 1 heterocycles. The summed E-state index contributed by atoms with van der Waals surface area (Å²) in [4.78, 5) is 38.4. The number of benzene rings is 2. The lowest BCUT2D eigenvalue weighted by Gasteiger charge is -2.12. The maximum Gasteiger partial charge on any atom is 0.294 e. The monoisotopic (exact) mass is 408 g/mol. The van der Waals surface area contributed by atoms with E-state index in [1.807, 2.05) is 37.3 Å². The second-order valence-electron chi connectivity index (χ2n) is 6.32. The smallest absolute Gasteiger partial charge is 0.294 e. The first kappa shape index (κ1) is 20.4. The lowest BCUT2D eigenvalue weighted by atomic mass is 10.2. The summed E-state index contributed by atoms with van der Waals surface area (Å²) in [5, 5.41) is 2.22. The highest BCUT2D eigenvalue weighted by Gasteiger charge is 2.36. The van der Waals surface area contributed by atoms with Crippen LogP contribution in [0.2, 0.25) is 0 Å². The number of carbonyl (C=O) groups is 3. The first-order chi connectivity index (χ1) is 14.0. The van der Waals surface area contributed by atoms with E-state index in [9.17, 15) is 14.4 Å². The molecule has 0 aliphatic carbocycles.